The molecule has 10 heteroatoms. The van der Waals surface area contributed by atoms with Crippen molar-refractivity contribution in [1.82, 2.24) is 20.6 Å². The Kier molecular flexibility index (Phi) is 8.52. The van der Waals surface area contributed by atoms with Crippen LogP contribution in [0.15, 0.2) is 61.1 Å². The summed E-state index contributed by atoms with van der Waals surface area (Å²) in [4.78, 5) is 21.5. The highest BCUT2D eigenvalue weighted by Crippen LogP contribution is 2.36. The van der Waals surface area contributed by atoms with E-state index >= 15 is 0 Å². The van der Waals surface area contributed by atoms with Gasteiger partial charge in [0.1, 0.15) is 0 Å². The van der Waals surface area contributed by atoms with Gasteiger partial charge in [-0.1, -0.05) is 42.3 Å². The number of hydrogen-bond acceptors (Lipinski definition) is 4. The van der Waals surface area contributed by atoms with Crippen LogP contribution in [0.2, 0.25) is 5.02 Å². The average molecular weight is 511 g/mol. The standard InChI is InChI=1S/C24H22ClF3N4O.ClH/c25-21-17(7-4-8-18(21)24(26,27)28)23(33)32-22(19-9-1-2-10-30-19)16-6-3-5-15(13-16)20-14-29-11-12-31-20;/h3-8,11-14,19,22,30H,1-2,9-10H2,(H,32,33);1H/t19-,22?;/m0./s1. The van der Waals surface area contributed by atoms with Gasteiger partial charge in [-0.25, -0.2) is 0 Å². The lowest BCUT2D eigenvalue weighted by Crippen LogP contribution is -2.46. The minimum atomic E-state index is -4.65. The van der Waals surface area contributed by atoms with E-state index in [4.69, 9.17) is 11.6 Å². The van der Waals surface area contributed by atoms with Crippen LogP contribution in [-0.4, -0.2) is 28.5 Å². The van der Waals surface area contributed by atoms with Gasteiger partial charge in [-0.2, -0.15) is 13.2 Å². The first-order valence-electron chi connectivity index (χ1n) is 10.6. The molecule has 2 N–H and O–H groups in total. The van der Waals surface area contributed by atoms with Gasteiger partial charge < -0.3 is 10.6 Å². The maximum Gasteiger partial charge on any atom is 0.417 e. The Balaban J connectivity index is 0.00000324. The van der Waals surface area contributed by atoms with Crippen LogP contribution >= 0.6 is 24.0 Å². The summed E-state index contributed by atoms with van der Waals surface area (Å²) in [6, 6.07) is 10.4. The molecule has 1 amide bonds. The monoisotopic (exact) mass is 510 g/mol. The number of aromatic nitrogens is 2. The van der Waals surface area contributed by atoms with Crippen molar-refractivity contribution in [2.75, 3.05) is 6.54 Å². The highest BCUT2D eigenvalue weighted by Gasteiger charge is 2.35. The van der Waals surface area contributed by atoms with Crippen LogP contribution in [0.25, 0.3) is 11.3 Å². The number of nitrogens with one attached hydrogen (secondary N) is 2. The van der Waals surface area contributed by atoms with Crippen molar-refractivity contribution in [3.05, 3.63) is 82.8 Å². The number of hydrogen-bond donors (Lipinski definition) is 2. The van der Waals surface area contributed by atoms with Gasteiger partial charge in [-0.15, -0.1) is 12.4 Å². The molecule has 1 aliphatic rings. The molecule has 180 valence electrons. The summed E-state index contributed by atoms with van der Waals surface area (Å²) >= 11 is 6.00. The first-order chi connectivity index (χ1) is 15.8. The number of amides is 1. The third-order valence-electron chi connectivity index (χ3n) is 5.69. The molecule has 1 saturated heterocycles. The Bertz CT molecular complexity index is 1120. The molecule has 0 bridgehead atoms. The van der Waals surface area contributed by atoms with E-state index in [9.17, 15) is 18.0 Å². The van der Waals surface area contributed by atoms with Crippen molar-refractivity contribution in [2.45, 2.75) is 37.5 Å². The summed E-state index contributed by atoms with van der Waals surface area (Å²) in [5, 5.41) is 5.75. The quantitative estimate of drug-likeness (QED) is 0.451. The molecule has 1 fully saturated rings. The lowest BCUT2D eigenvalue weighted by molar-refractivity contribution is -0.137. The van der Waals surface area contributed by atoms with Gasteiger partial charge in [-0.05, 0) is 43.1 Å². The fourth-order valence-electron chi connectivity index (χ4n) is 4.06. The number of alkyl halides is 3. The number of piperidine rings is 1. The molecule has 4 rings (SSSR count). The van der Waals surface area contributed by atoms with Crippen molar-refractivity contribution < 1.29 is 18.0 Å². The topological polar surface area (TPSA) is 66.9 Å². The van der Waals surface area contributed by atoms with Crippen molar-refractivity contribution in [2.24, 2.45) is 0 Å². The second-order valence-electron chi connectivity index (χ2n) is 7.89. The summed E-state index contributed by atoms with van der Waals surface area (Å²) in [5.74, 6) is -0.659. The van der Waals surface area contributed by atoms with Crippen LogP contribution in [0.1, 0.15) is 46.8 Å². The smallest absolute Gasteiger partial charge is 0.344 e. The summed E-state index contributed by atoms with van der Waals surface area (Å²) < 4.78 is 39.8. The first-order valence-corrected chi connectivity index (χ1v) is 11.0. The third kappa shape index (κ3) is 5.87. The van der Waals surface area contributed by atoms with E-state index < -0.39 is 28.7 Å². The molecule has 1 aromatic heterocycles. The second kappa shape index (κ2) is 11.2. The van der Waals surface area contributed by atoms with Gasteiger partial charge in [0.15, 0.2) is 0 Å². The van der Waals surface area contributed by atoms with E-state index in [0.29, 0.717) is 5.69 Å². The second-order valence-corrected chi connectivity index (χ2v) is 8.27. The molecule has 3 aromatic rings. The van der Waals surface area contributed by atoms with Gasteiger partial charge in [0, 0.05) is 24.0 Å². The Morgan fingerprint density at radius 2 is 1.94 bits per heavy atom. The minimum Gasteiger partial charge on any atom is -0.344 e. The molecule has 0 radical (unpaired) electrons. The highest BCUT2D eigenvalue weighted by molar-refractivity contribution is 6.34. The van der Waals surface area contributed by atoms with E-state index in [1.807, 2.05) is 24.3 Å². The summed E-state index contributed by atoms with van der Waals surface area (Å²) in [5.41, 5.74) is 1.08. The largest absolute Gasteiger partial charge is 0.417 e. The minimum absolute atomic E-state index is 0. The molecule has 2 aromatic carbocycles. The van der Waals surface area contributed by atoms with Crippen molar-refractivity contribution in [3.8, 4) is 11.3 Å². The zero-order valence-electron chi connectivity index (χ0n) is 18.0. The Labute approximate surface area is 206 Å². The molecule has 1 unspecified atom stereocenters. The summed E-state index contributed by atoms with van der Waals surface area (Å²) in [6.45, 7) is 0.797. The molecule has 0 saturated carbocycles. The zero-order chi connectivity index (χ0) is 23.4. The molecular formula is C24H23Cl2F3N4O. The predicted molar refractivity (Wildman–Crippen MR) is 127 cm³/mol. The van der Waals surface area contributed by atoms with Gasteiger partial charge in [0.2, 0.25) is 0 Å². The van der Waals surface area contributed by atoms with Gasteiger partial charge in [0.25, 0.3) is 5.91 Å². The zero-order valence-corrected chi connectivity index (χ0v) is 19.6. The number of rotatable bonds is 5. The fraction of sp³-hybridized carbons (Fsp3) is 0.292. The third-order valence-corrected chi connectivity index (χ3v) is 6.10. The maximum absolute atomic E-state index is 13.3. The highest BCUT2D eigenvalue weighted by atomic mass is 35.5. The molecule has 1 aliphatic heterocycles. The number of nitrogens with zero attached hydrogens (tertiary/aromatic N) is 2. The van der Waals surface area contributed by atoms with Crippen molar-refractivity contribution in [1.29, 1.82) is 0 Å². The van der Waals surface area contributed by atoms with Crippen molar-refractivity contribution >= 4 is 29.9 Å². The van der Waals surface area contributed by atoms with Crippen LogP contribution in [0.3, 0.4) is 0 Å². The van der Waals surface area contributed by atoms with Crippen LogP contribution in [-0.2, 0) is 6.18 Å². The molecule has 0 aliphatic carbocycles. The average Bonchev–Trinajstić information content (AvgIpc) is 2.83. The Morgan fingerprint density at radius 1 is 1.15 bits per heavy atom. The van der Waals surface area contributed by atoms with Crippen LogP contribution in [0.5, 0.6) is 0 Å². The Morgan fingerprint density at radius 3 is 2.62 bits per heavy atom. The SMILES string of the molecule is Cl.O=C(NC(c1cccc(-c2cnccn2)c1)[C@@H]1CCCCN1)c1cccc(C(F)(F)F)c1Cl. The van der Waals surface area contributed by atoms with Crippen LogP contribution < -0.4 is 10.6 Å². The summed E-state index contributed by atoms with van der Waals surface area (Å²) in [6.07, 6.45) is 3.00. The maximum atomic E-state index is 13.3. The lowest BCUT2D eigenvalue weighted by atomic mass is 9.91. The molecule has 2 atom stereocenters. The number of halogens is 5. The predicted octanol–water partition coefficient (Wildman–Crippen LogP) is 5.85. The van der Waals surface area contributed by atoms with Crippen LogP contribution in [0.4, 0.5) is 13.2 Å². The van der Waals surface area contributed by atoms with Gasteiger partial charge in [0.05, 0.1) is 34.1 Å². The molecular weight excluding hydrogens is 488 g/mol. The number of carbonyl (C=O) groups excluding carboxylic acids is 1. The molecule has 34 heavy (non-hydrogen) atoms. The molecule has 2 heterocycles. The molecule has 0 spiro atoms. The normalized spacial score (nSPS) is 16.9. The Hall–Kier alpha value is -2.68. The first kappa shape index (κ1) is 25.9. The van der Waals surface area contributed by atoms with E-state index in [1.54, 1.807) is 18.6 Å². The van der Waals surface area contributed by atoms with E-state index in [1.165, 1.54) is 12.1 Å². The van der Waals surface area contributed by atoms with Crippen molar-refractivity contribution in [3.63, 3.8) is 0 Å². The lowest BCUT2D eigenvalue weighted by Gasteiger charge is -2.32. The van der Waals surface area contributed by atoms with E-state index in [2.05, 4.69) is 20.6 Å². The van der Waals surface area contributed by atoms with Gasteiger partial charge in [-0.3, -0.25) is 14.8 Å². The van der Waals surface area contributed by atoms with E-state index in [-0.39, 0.29) is 24.0 Å². The van der Waals surface area contributed by atoms with Crippen LogP contribution in [0, 0.1) is 0 Å². The fourth-order valence-corrected chi connectivity index (χ4v) is 4.38. The van der Waals surface area contributed by atoms with Gasteiger partial charge >= 0.3 is 6.18 Å². The number of benzene rings is 2. The molecule has 5 nitrogen and oxygen atoms in total. The summed E-state index contributed by atoms with van der Waals surface area (Å²) in [7, 11) is 0. The number of carbonyl (C=O) groups is 1. The van der Waals surface area contributed by atoms with E-state index in [0.717, 1.165) is 43.0 Å².